The van der Waals surface area contributed by atoms with Gasteiger partial charge in [-0.2, -0.15) is 0 Å². The summed E-state index contributed by atoms with van der Waals surface area (Å²) >= 11 is 0. The van der Waals surface area contributed by atoms with Gasteiger partial charge < -0.3 is 16.0 Å². The third kappa shape index (κ3) is 3.61. The first-order valence-corrected chi connectivity index (χ1v) is 8.58. The fourth-order valence-corrected chi connectivity index (χ4v) is 3.06. The van der Waals surface area contributed by atoms with Crippen LogP contribution < -0.4 is 16.0 Å². The van der Waals surface area contributed by atoms with Crippen molar-refractivity contribution >= 4 is 17.6 Å². The third-order valence-electron chi connectivity index (χ3n) is 4.57. The number of aryl methyl sites for hydroxylation is 3. The molecule has 5 heteroatoms. The highest BCUT2D eigenvalue weighted by atomic mass is 16.2. The molecule has 0 aliphatic carbocycles. The van der Waals surface area contributed by atoms with E-state index in [2.05, 4.69) is 16.0 Å². The van der Waals surface area contributed by atoms with Gasteiger partial charge >= 0.3 is 6.03 Å². The van der Waals surface area contributed by atoms with Gasteiger partial charge in [-0.3, -0.25) is 4.79 Å². The summed E-state index contributed by atoms with van der Waals surface area (Å²) in [6, 6.07) is 12.9. The molecule has 1 heterocycles. The van der Waals surface area contributed by atoms with Crippen molar-refractivity contribution in [3.05, 3.63) is 76.0 Å². The molecule has 0 fully saturated rings. The van der Waals surface area contributed by atoms with E-state index >= 15 is 0 Å². The van der Waals surface area contributed by atoms with Crippen LogP contribution in [-0.2, 0) is 4.79 Å². The molecule has 0 bridgehead atoms. The summed E-state index contributed by atoms with van der Waals surface area (Å²) in [6.07, 6.45) is 0. The molecule has 0 saturated carbocycles. The highest BCUT2D eigenvalue weighted by molar-refractivity contribution is 6.07. The maximum atomic E-state index is 13.0. The monoisotopic (exact) mass is 349 g/mol. The van der Waals surface area contributed by atoms with Crippen molar-refractivity contribution in [2.24, 2.45) is 0 Å². The van der Waals surface area contributed by atoms with Crippen LogP contribution >= 0.6 is 0 Å². The lowest BCUT2D eigenvalue weighted by Gasteiger charge is -2.29. The summed E-state index contributed by atoms with van der Waals surface area (Å²) in [7, 11) is 0. The summed E-state index contributed by atoms with van der Waals surface area (Å²) in [4.78, 5) is 25.0. The number of allylic oxidation sites excluding steroid dienone is 1. The second kappa shape index (κ2) is 7.04. The van der Waals surface area contributed by atoms with Crippen LogP contribution in [0.25, 0.3) is 0 Å². The SMILES string of the molecule is CC1=C(C(=O)Nc2cc(C)ccc2C)[C@@H](c2ccc(C)cc2)NC(=O)N1. The maximum Gasteiger partial charge on any atom is 0.319 e. The van der Waals surface area contributed by atoms with Crippen molar-refractivity contribution in [2.45, 2.75) is 33.7 Å². The zero-order valence-electron chi connectivity index (χ0n) is 15.4. The zero-order valence-corrected chi connectivity index (χ0v) is 15.4. The molecule has 2 aromatic carbocycles. The van der Waals surface area contributed by atoms with Gasteiger partial charge in [-0.15, -0.1) is 0 Å². The van der Waals surface area contributed by atoms with Gasteiger partial charge in [0.25, 0.3) is 5.91 Å². The van der Waals surface area contributed by atoms with Gasteiger partial charge in [0.1, 0.15) is 0 Å². The van der Waals surface area contributed by atoms with Crippen molar-refractivity contribution in [2.75, 3.05) is 5.32 Å². The minimum atomic E-state index is -0.491. The second-order valence-electron chi connectivity index (χ2n) is 6.75. The fraction of sp³-hybridized carbons (Fsp3) is 0.238. The Balaban J connectivity index is 1.96. The summed E-state index contributed by atoms with van der Waals surface area (Å²) in [5.41, 5.74) is 5.89. The molecule has 5 nitrogen and oxygen atoms in total. The Kier molecular flexibility index (Phi) is 4.80. The number of rotatable bonds is 3. The molecule has 3 rings (SSSR count). The molecule has 26 heavy (non-hydrogen) atoms. The lowest BCUT2D eigenvalue weighted by Crippen LogP contribution is -2.46. The van der Waals surface area contributed by atoms with Crippen molar-refractivity contribution in [1.29, 1.82) is 0 Å². The predicted molar refractivity (Wildman–Crippen MR) is 103 cm³/mol. The predicted octanol–water partition coefficient (Wildman–Crippen LogP) is 3.88. The molecule has 3 amide bonds. The average Bonchev–Trinajstić information content (AvgIpc) is 2.58. The third-order valence-corrected chi connectivity index (χ3v) is 4.57. The molecular formula is C21H23N3O2. The number of anilines is 1. The van der Waals surface area contributed by atoms with Gasteiger partial charge in [0.05, 0.1) is 11.6 Å². The first-order valence-electron chi connectivity index (χ1n) is 8.58. The summed E-state index contributed by atoms with van der Waals surface area (Å²) in [5, 5.41) is 8.55. The molecule has 0 radical (unpaired) electrons. The van der Waals surface area contributed by atoms with Gasteiger partial charge in [0.2, 0.25) is 0 Å². The highest BCUT2D eigenvalue weighted by Crippen LogP contribution is 2.28. The van der Waals surface area contributed by atoms with E-state index in [0.29, 0.717) is 11.3 Å². The maximum absolute atomic E-state index is 13.0. The Labute approximate surface area is 153 Å². The number of hydrogen-bond donors (Lipinski definition) is 3. The first-order chi connectivity index (χ1) is 12.3. The van der Waals surface area contributed by atoms with E-state index in [-0.39, 0.29) is 11.9 Å². The summed E-state index contributed by atoms with van der Waals surface area (Å²) < 4.78 is 0. The lowest BCUT2D eigenvalue weighted by molar-refractivity contribution is -0.113. The largest absolute Gasteiger partial charge is 0.327 e. The van der Waals surface area contributed by atoms with Crippen LogP contribution in [0.4, 0.5) is 10.5 Å². The second-order valence-corrected chi connectivity index (χ2v) is 6.75. The summed E-state index contributed by atoms with van der Waals surface area (Å²) in [5.74, 6) is -0.228. The molecular weight excluding hydrogens is 326 g/mol. The van der Waals surface area contributed by atoms with E-state index in [1.165, 1.54) is 0 Å². The number of urea groups is 1. The highest BCUT2D eigenvalue weighted by Gasteiger charge is 2.31. The standard InChI is InChI=1S/C21H23N3O2/c1-12-6-9-16(10-7-12)19-18(15(4)22-21(26)24-19)20(25)23-17-11-13(2)5-8-14(17)3/h5-11,19H,1-4H3,(H,23,25)(H2,22,24,26)/t19-/m1/s1. The van der Waals surface area contributed by atoms with Crippen LogP contribution in [0.1, 0.15) is 35.2 Å². The van der Waals surface area contributed by atoms with E-state index in [1.807, 2.05) is 63.2 Å². The molecule has 3 N–H and O–H groups in total. The van der Waals surface area contributed by atoms with Gasteiger partial charge in [-0.25, -0.2) is 4.79 Å². The van der Waals surface area contributed by atoms with Crippen molar-refractivity contribution in [3.8, 4) is 0 Å². The Morgan fingerprint density at radius 3 is 2.31 bits per heavy atom. The first kappa shape index (κ1) is 17.7. The normalized spacial score (nSPS) is 16.8. The number of amides is 3. The molecule has 0 aromatic heterocycles. The lowest BCUT2D eigenvalue weighted by atomic mass is 9.94. The minimum absolute atomic E-state index is 0.228. The van der Waals surface area contributed by atoms with Crippen LogP contribution in [-0.4, -0.2) is 11.9 Å². The number of hydrogen-bond acceptors (Lipinski definition) is 2. The van der Waals surface area contributed by atoms with E-state index in [0.717, 1.165) is 27.9 Å². The molecule has 0 spiro atoms. The molecule has 2 aromatic rings. The number of carbonyl (C=O) groups is 2. The van der Waals surface area contributed by atoms with Crippen LogP contribution in [0.3, 0.4) is 0 Å². The van der Waals surface area contributed by atoms with Gasteiger partial charge in [-0.05, 0) is 50.5 Å². The quantitative estimate of drug-likeness (QED) is 0.787. The fourth-order valence-electron chi connectivity index (χ4n) is 3.06. The Morgan fingerprint density at radius 2 is 1.62 bits per heavy atom. The van der Waals surface area contributed by atoms with E-state index in [1.54, 1.807) is 6.92 Å². The van der Waals surface area contributed by atoms with Crippen LogP contribution in [0.2, 0.25) is 0 Å². The Morgan fingerprint density at radius 1 is 0.962 bits per heavy atom. The topological polar surface area (TPSA) is 70.2 Å². The molecule has 1 aliphatic heterocycles. The van der Waals surface area contributed by atoms with Gasteiger partial charge in [0.15, 0.2) is 0 Å². The number of carbonyl (C=O) groups excluding carboxylic acids is 2. The van der Waals surface area contributed by atoms with Crippen LogP contribution in [0.15, 0.2) is 53.7 Å². The van der Waals surface area contributed by atoms with Crippen LogP contribution in [0.5, 0.6) is 0 Å². The van der Waals surface area contributed by atoms with E-state index in [9.17, 15) is 9.59 Å². The summed E-state index contributed by atoms with van der Waals surface area (Å²) in [6.45, 7) is 7.68. The van der Waals surface area contributed by atoms with Crippen molar-refractivity contribution in [3.63, 3.8) is 0 Å². The molecule has 134 valence electrons. The zero-order chi connectivity index (χ0) is 18.8. The van der Waals surface area contributed by atoms with Crippen LogP contribution in [0, 0.1) is 20.8 Å². The Bertz CT molecular complexity index is 898. The van der Waals surface area contributed by atoms with Crippen molar-refractivity contribution < 1.29 is 9.59 Å². The molecule has 0 saturated heterocycles. The number of nitrogens with one attached hydrogen (secondary N) is 3. The molecule has 1 atom stereocenters. The average molecular weight is 349 g/mol. The van der Waals surface area contributed by atoms with E-state index < -0.39 is 6.04 Å². The molecule has 1 aliphatic rings. The number of benzene rings is 2. The van der Waals surface area contributed by atoms with Gasteiger partial charge in [-0.1, -0.05) is 42.0 Å². The Hall–Kier alpha value is -3.08. The molecule has 0 unspecified atom stereocenters. The van der Waals surface area contributed by atoms with Crippen molar-refractivity contribution in [1.82, 2.24) is 10.6 Å². The van der Waals surface area contributed by atoms with E-state index in [4.69, 9.17) is 0 Å². The minimum Gasteiger partial charge on any atom is -0.327 e. The smallest absolute Gasteiger partial charge is 0.319 e. The van der Waals surface area contributed by atoms with Gasteiger partial charge in [0, 0.05) is 11.4 Å².